The van der Waals surface area contributed by atoms with Gasteiger partial charge in [-0.05, 0) is 0 Å². The second-order valence-electron chi connectivity index (χ2n) is 0.577. The quantitative estimate of drug-likeness (QED) is 0.348. The fraction of sp³-hybridized carbons (Fsp3) is 1.00. The Labute approximate surface area is 83.0 Å². The Morgan fingerprint density at radius 3 is 1.00 bits per heavy atom. The molecule has 0 aromatic heterocycles. The monoisotopic (exact) mass is 140 g/mol. The molecule has 0 bridgehead atoms. The predicted octanol–water partition coefficient (Wildman–Crippen LogP) is -2.56. The molecule has 0 atom stereocenters. The first-order valence-corrected chi connectivity index (χ1v) is 1.99. The molecule has 0 heterocycles. The molecule has 44 valence electrons. The Morgan fingerprint density at radius 1 is 1.00 bits per heavy atom. The molecule has 0 aliphatic heterocycles. The van der Waals surface area contributed by atoms with Crippen LogP contribution in [0.1, 0.15) is 13.8 Å². The van der Waals surface area contributed by atoms with E-state index < -0.39 is 0 Å². The van der Waals surface area contributed by atoms with Crippen molar-refractivity contribution in [2.45, 2.75) is 13.8 Å². The van der Waals surface area contributed by atoms with Crippen molar-refractivity contribution < 1.29 is 10.2 Å². The zero-order valence-electron chi connectivity index (χ0n) is 4.94. The molecule has 0 aliphatic rings. The molecule has 0 rings (SSSR count). The topological polar surface area (TPSA) is 46.1 Å². The molecule has 0 saturated heterocycles. The molecule has 0 unspecified atom stereocenters. The van der Waals surface area contributed by atoms with Gasteiger partial charge in [-0.15, -0.1) is 13.2 Å². The summed E-state index contributed by atoms with van der Waals surface area (Å²) < 4.78 is 0. The van der Waals surface area contributed by atoms with Crippen molar-refractivity contribution in [3.63, 3.8) is 0 Å². The van der Waals surface area contributed by atoms with Gasteiger partial charge in [-0.3, -0.25) is 0 Å². The van der Waals surface area contributed by atoms with Crippen LogP contribution in [0.4, 0.5) is 0 Å². The van der Waals surface area contributed by atoms with Crippen LogP contribution in [0.15, 0.2) is 0 Å². The molecule has 2 nitrogen and oxygen atoms in total. The Morgan fingerprint density at radius 2 is 1.00 bits per heavy atom. The first-order valence-electron chi connectivity index (χ1n) is 1.99. The van der Waals surface area contributed by atoms with Crippen molar-refractivity contribution in [1.29, 1.82) is 0 Å². The zero-order valence-corrected chi connectivity index (χ0v) is 6.35. The van der Waals surface area contributed by atoms with Gasteiger partial charge in [0.05, 0.1) is 0 Å². The van der Waals surface area contributed by atoms with Gasteiger partial charge in [0.2, 0.25) is 0 Å². The van der Waals surface area contributed by atoms with Crippen molar-refractivity contribution in [3.8, 4) is 0 Å². The van der Waals surface area contributed by atoms with Gasteiger partial charge in [0.15, 0.2) is 0 Å². The normalized spacial score (nSPS) is 4.50. The van der Waals surface area contributed by atoms with Gasteiger partial charge in [-0.25, -0.2) is 0 Å². The molecule has 8 heavy (non-hydrogen) atoms. The van der Waals surface area contributed by atoms with Gasteiger partial charge in [-0.2, -0.15) is 0 Å². The molecular formula is C4H12Mg2O2. The predicted molar refractivity (Wildman–Crippen MR) is 35.4 cm³/mol. The molecular weight excluding hydrogens is 129 g/mol. The summed E-state index contributed by atoms with van der Waals surface area (Å²) in [7, 11) is 0. The second kappa shape index (κ2) is 39.4. The minimum atomic E-state index is 0. The van der Waals surface area contributed by atoms with Crippen molar-refractivity contribution >= 4 is 46.1 Å². The van der Waals surface area contributed by atoms with Crippen LogP contribution in [-0.2, 0) is 0 Å². The van der Waals surface area contributed by atoms with E-state index in [0.717, 1.165) is 0 Å². The molecule has 0 N–H and O–H groups in total. The molecule has 0 saturated carbocycles. The van der Waals surface area contributed by atoms with Crippen LogP contribution in [0.2, 0.25) is 0 Å². The van der Waals surface area contributed by atoms with Gasteiger partial charge in [0.25, 0.3) is 0 Å². The third-order valence-electron chi connectivity index (χ3n) is 0. The van der Waals surface area contributed by atoms with Crippen LogP contribution in [0.5, 0.6) is 0 Å². The third-order valence-corrected chi connectivity index (χ3v) is 0. The first kappa shape index (κ1) is 22.7. The van der Waals surface area contributed by atoms with Gasteiger partial charge < -0.3 is 10.2 Å². The Hall–Kier alpha value is 1.45. The molecule has 0 aliphatic carbocycles. The van der Waals surface area contributed by atoms with Gasteiger partial charge in [0.1, 0.15) is 0 Å². The van der Waals surface area contributed by atoms with Crippen molar-refractivity contribution in [3.05, 3.63) is 0 Å². The summed E-state index contributed by atoms with van der Waals surface area (Å²) in [6.45, 7) is 3.14. The minimum Gasteiger partial charge on any atom is -0.855 e. The minimum absolute atomic E-state index is 0. The van der Waals surface area contributed by atoms with Crippen molar-refractivity contribution in [1.82, 2.24) is 0 Å². The third kappa shape index (κ3) is 147. The fourth-order valence-electron chi connectivity index (χ4n) is 0. The maximum Gasteiger partial charge on any atom is 2.00 e. The Bertz CT molecular complexity index is 14.0. The first-order chi connectivity index (χ1) is 2.83. The van der Waals surface area contributed by atoms with E-state index in [4.69, 9.17) is 10.2 Å². The van der Waals surface area contributed by atoms with E-state index in [1.807, 2.05) is 0 Å². The SMILES string of the molecule is CC[O-].CC[O-].[Mg+2].[MgH2]. The summed E-state index contributed by atoms with van der Waals surface area (Å²) in [6.07, 6.45) is 0. The van der Waals surface area contributed by atoms with Crippen LogP contribution in [-0.4, -0.2) is 59.3 Å². The van der Waals surface area contributed by atoms with Crippen LogP contribution in [0, 0.1) is 0 Å². The van der Waals surface area contributed by atoms with E-state index in [9.17, 15) is 0 Å². The average Bonchev–Trinajstić information content (AvgIpc) is 1.39. The maximum atomic E-state index is 8.93. The number of hydrogen-bond acceptors (Lipinski definition) is 2. The molecule has 0 radical (unpaired) electrons. The van der Waals surface area contributed by atoms with Crippen LogP contribution in [0.25, 0.3) is 0 Å². The summed E-state index contributed by atoms with van der Waals surface area (Å²) in [5.41, 5.74) is 0. The molecule has 0 amide bonds. The summed E-state index contributed by atoms with van der Waals surface area (Å²) in [5, 5.41) is 17.9. The summed E-state index contributed by atoms with van der Waals surface area (Å²) in [6, 6.07) is 0. The number of rotatable bonds is 0. The van der Waals surface area contributed by atoms with Crippen molar-refractivity contribution in [2.75, 3.05) is 13.2 Å². The fourth-order valence-corrected chi connectivity index (χ4v) is 0. The Kier molecular flexibility index (Phi) is 112. The summed E-state index contributed by atoms with van der Waals surface area (Å²) >= 11 is 0. The summed E-state index contributed by atoms with van der Waals surface area (Å²) in [5.74, 6) is 0. The summed E-state index contributed by atoms with van der Waals surface area (Å²) in [4.78, 5) is 0. The molecule has 4 heteroatoms. The number of hydrogen-bond donors (Lipinski definition) is 0. The van der Waals surface area contributed by atoms with Crippen LogP contribution < -0.4 is 10.2 Å². The van der Waals surface area contributed by atoms with E-state index in [-0.39, 0.29) is 59.3 Å². The van der Waals surface area contributed by atoms with E-state index >= 15 is 0 Å². The standard InChI is InChI=1S/2C2H5O.2Mg.2H/c2*1-2-3;;;;/h2*2H2,1H3;;;;/q2*-1;;+2;;. The Balaban J connectivity index is -0.0000000160. The van der Waals surface area contributed by atoms with E-state index in [0.29, 0.717) is 0 Å². The largest absolute Gasteiger partial charge is 2.00 e. The zero-order chi connectivity index (χ0) is 5.41. The average molecular weight is 141 g/mol. The van der Waals surface area contributed by atoms with Gasteiger partial charge in [-0.1, -0.05) is 13.8 Å². The molecule has 0 fully saturated rings. The van der Waals surface area contributed by atoms with E-state index in [2.05, 4.69) is 0 Å². The van der Waals surface area contributed by atoms with E-state index in [1.54, 1.807) is 13.8 Å². The second-order valence-corrected chi connectivity index (χ2v) is 0.577. The smallest absolute Gasteiger partial charge is 0.855 e. The van der Waals surface area contributed by atoms with Crippen molar-refractivity contribution in [2.24, 2.45) is 0 Å². The van der Waals surface area contributed by atoms with Crippen LogP contribution >= 0.6 is 0 Å². The van der Waals surface area contributed by atoms with Gasteiger partial charge in [0, 0.05) is 0 Å². The van der Waals surface area contributed by atoms with Crippen LogP contribution in [0.3, 0.4) is 0 Å². The van der Waals surface area contributed by atoms with Gasteiger partial charge >= 0.3 is 46.1 Å². The molecule has 0 aromatic rings. The van der Waals surface area contributed by atoms with E-state index in [1.165, 1.54) is 0 Å². The maximum absolute atomic E-state index is 8.93. The molecule has 0 spiro atoms. The molecule has 0 aromatic carbocycles.